The van der Waals surface area contributed by atoms with Gasteiger partial charge < -0.3 is 10.2 Å². The Labute approximate surface area is 120 Å². The highest BCUT2D eigenvalue weighted by Gasteiger charge is 2.31. The molecule has 1 N–H and O–H groups in total. The van der Waals surface area contributed by atoms with Crippen LogP contribution in [0.2, 0.25) is 0 Å². The van der Waals surface area contributed by atoms with E-state index in [1.165, 1.54) is 32.5 Å². The summed E-state index contributed by atoms with van der Waals surface area (Å²) in [6, 6.07) is 1.39. The van der Waals surface area contributed by atoms with E-state index in [2.05, 4.69) is 56.9 Å². The van der Waals surface area contributed by atoms with Gasteiger partial charge in [-0.1, -0.05) is 34.1 Å². The van der Waals surface area contributed by atoms with Crippen molar-refractivity contribution < 1.29 is 0 Å². The Kier molecular flexibility index (Phi) is 7.33. The fourth-order valence-electron chi connectivity index (χ4n) is 3.02. The second-order valence-corrected chi connectivity index (χ2v) is 6.86. The summed E-state index contributed by atoms with van der Waals surface area (Å²) in [5.74, 6) is 1.52. The first-order valence-electron chi connectivity index (χ1n) is 8.07. The number of nitrogens with zero attached hydrogens (tertiary/aromatic N) is 2. The lowest BCUT2D eigenvalue weighted by Gasteiger charge is -2.44. The van der Waals surface area contributed by atoms with E-state index >= 15 is 0 Å². The summed E-state index contributed by atoms with van der Waals surface area (Å²) in [4.78, 5) is 5.03. The third-order valence-electron chi connectivity index (χ3n) is 4.64. The van der Waals surface area contributed by atoms with Crippen LogP contribution in [-0.4, -0.2) is 62.2 Å². The molecule has 19 heavy (non-hydrogen) atoms. The van der Waals surface area contributed by atoms with Crippen molar-refractivity contribution in [2.75, 3.05) is 40.3 Å². The number of hydrogen-bond donors (Lipinski definition) is 1. The maximum atomic E-state index is 3.78. The minimum atomic E-state index is 0.680. The zero-order valence-electron chi connectivity index (χ0n) is 13.9. The lowest BCUT2D eigenvalue weighted by molar-refractivity contribution is 0.0790. The molecule has 0 aromatic carbocycles. The molecule has 1 rings (SSSR count). The van der Waals surface area contributed by atoms with Gasteiger partial charge in [0.2, 0.25) is 0 Å². The van der Waals surface area contributed by atoms with Gasteiger partial charge in [0.1, 0.15) is 0 Å². The van der Waals surface area contributed by atoms with Crippen LogP contribution in [0.15, 0.2) is 0 Å². The molecule has 1 heterocycles. The second kappa shape index (κ2) is 8.23. The molecule has 0 amide bonds. The van der Waals surface area contributed by atoms with Gasteiger partial charge in [0.05, 0.1) is 0 Å². The second-order valence-electron chi connectivity index (χ2n) is 6.86. The van der Waals surface area contributed by atoms with Gasteiger partial charge >= 0.3 is 0 Å². The first-order valence-corrected chi connectivity index (χ1v) is 8.07. The van der Waals surface area contributed by atoms with E-state index in [0.717, 1.165) is 18.4 Å². The Morgan fingerprint density at radius 2 is 1.95 bits per heavy atom. The first-order chi connectivity index (χ1) is 8.95. The van der Waals surface area contributed by atoms with Gasteiger partial charge in [-0.25, -0.2) is 0 Å². The molecule has 1 saturated heterocycles. The molecule has 1 aliphatic heterocycles. The first kappa shape index (κ1) is 16.9. The van der Waals surface area contributed by atoms with Crippen LogP contribution in [0, 0.1) is 11.8 Å². The molecule has 0 aliphatic carbocycles. The van der Waals surface area contributed by atoms with Crippen molar-refractivity contribution in [3.63, 3.8) is 0 Å². The normalized spacial score (nSPS) is 27.2. The third kappa shape index (κ3) is 5.41. The molecule has 1 aliphatic rings. The highest BCUT2D eigenvalue weighted by molar-refractivity contribution is 4.89. The Hall–Kier alpha value is -0.120. The average molecular weight is 269 g/mol. The topological polar surface area (TPSA) is 18.5 Å². The molecular formula is C16H35N3. The van der Waals surface area contributed by atoms with E-state index < -0.39 is 0 Å². The molecule has 3 unspecified atom stereocenters. The van der Waals surface area contributed by atoms with Gasteiger partial charge in [-0.15, -0.1) is 0 Å². The van der Waals surface area contributed by atoms with Gasteiger partial charge in [-0.05, 0) is 45.4 Å². The molecule has 3 atom stereocenters. The highest BCUT2D eigenvalue weighted by atomic mass is 15.2. The molecule has 0 spiro atoms. The zero-order chi connectivity index (χ0) is 14.4. The number of rotatable bonds is 7. The molecule has 0 saturated carbocycles. The fraction of sp³-hybridized carbons (Fsp3) is 1.00. The van der Waals surface area contributed by atoms with Crippen LogP contribution in [0.1, 0.15) is 40.5 Å². The average Bonchev–Trinajstić information content (AvgIpc) is 2.37. The van der Waals surface area contributed by atoms with E-state index in [0.29, 0.717) is 12.1 Å². The van der Waals surface area contributed by atoms with Gasteiger partial charge in [0, 0.05) is 25.2 Å². The standard InChI is InChI=1S/C16H35N3/c1-7-14(4)15-12-19(10-8-9-18(5)6)16(11-17-15)13(2)3/h13-17H,7-12H2,1-6H3. The largest absolute Gasteiger partial charge is 0.311 e. The summed E-state index contributed by atoms with van der Waals surface area (Å²) in [5, 5.41) is 3.78. The van der Waals surface area contributed by atoms with Crippen molar-refractivity contribution in [2.45, 2.75) is 52.6 Å². The van der Waals surface area contributed by atoms with Crippen LogP contribution in [0.3, 0.4) is 0 Å². The highest BCUT2D eigenvalue weighted by Crippen LogP contribution is 2.20. The summed E-state index contributed by atoms with van der Waals surface area (Å²) >= 11 is 0. The van der Waals surface area contributed by atoms with Crippen molar-refractivity contribution in [2.24, 2.45) is 11.8 Å². The van der Waals surface area contributed by atoms with E-state index in [1.807, 2.05) is 0 Å². The van der Waals surface area contributed by atoms with E-state index in [1.54, 1.807) is 0 Å². The SMILES string of the molecule is CCC(C)C1CN(CCCN(C)C)C(C(C)C)CN1. The smallest absolute Gasteiger partial charge is 0.0244 e. The zero-order valence-corrected chi connectivity index (χ0v) is 13.9. The quantitative estimate of drug-likeness (QED) is 0.765. The molecule has 0 bridgehead atoms. The predicted molar refractivity (Wildman–Crippen MR) is 84.6 cm³/mol. The molecule has 3 heteroatoms. The van der Waals surface area contributed by atoms with Crippen LogP contribution in [0.5, 0.6) is 0 Å². The van der Waals surface area contributed by atoms with Gasteiger partial charge in [0.25, 0.3) is 0 Å². The fourth-order valence-corrected chi connectivity index (χ4v) is 3.02. The minimum Gasteiger partial charge on any atom is -0.311 e. The van der Waals surface area contributed by atoms with Crippen molar-refractivity contribution >= 4 is 0 Å². The summed E-state index contributed by atoms with van der Waals surface area (Å²) in [7, 11) is 4.33. The van der Waals surface area contributed by atoms with Crippen molar-refractivity contribution in [1.29, 1.82) is 0 Å². The maximum absolute atomic E-state index is 3.78. The molecule has 114 valence electrons. The van der Waals surface area contributed by atoms with Gasteiger partial charge in [0.15, 0.2) is 0 Å². The Morgan fingerprint density at radius 3 is 2.47 bits per heavy atom. The van der Waals surface area contributed by atoms with Crippen molar-refractivity contribution in [3.05, 3.63) is 0 Å². The summed E-state index contributed by atoms with van der Waals surface area (Å²) in [5.41, 5.74) is 0. The predicted octanol–water partition coefficient (Wildman–Crippen LogP) is 2.28. The van der Waals surface area contributed by atoms with E-state index in [4.69, 9.17) is 0 Å². The van der Waals surface area contributed by atoms with Crippen LogP contribution in [0.4, 0.5) is 0 Å². The monoisotopic (exact) mass is 269 g/mol. The molecule has 1 fully saturated rings. The lowest BCUT2D eigenvalue weighted by Crippen LogP contribution is -2.60. The summed E-state index contributed by atoms with van der Waals surface area (Å²) in [6.45, 7) is 14.2. The van der Waals surface area contributed by atoms with Crippen LogP contribution >= 0.6 is 0 Å². The summed E-state index contributed by atoms with van der Waals surface area (Å²) in [6.07, 6.45) is 2.55. The van der Waals surface area contributed by atoms with Crippen LogP contribution in [0.25, 0.3) is 0 Å². The Bertz CT molecular complexity index is 240. The summed E-state index contributed by atoms with van der Waals surface area (Å²) < 4.78 is 0. The van der Waals surface area contributed by atoms with Crippen molar-refractivity contribution in [1.82, 2.24) is 15.1 Å². The molecule has 0 radical (unpaired) electrons. The third-order valence-corrected chi connectivity index (χ3v) is 4.64. The lowest BCUT2D eigenvalue weighted by atomic mass is 9.92. The minimum absolute atomic E-state index is 0.680. The Balaban J connectivity index is 2.52. The van der Waals surface area contributed by atoms with E-state index in [-0.39, 0.29) is 0 Å². The number of hydrogen-bond acceptors (Lipinski definition) is 3. The van der Waals surface area contributed by atoms with E-state index in [9.17, 15) is 0 Å². The molecule has 0 aromatic rings. The molecular weight excluding hydrogens is 234 g/mol. The number of piperazine rings is 1. The van der Waals surface area contributed by atoms with Crippen molar-refractivity contribution in [3.8, 4) is 0 Å². The van der Waals surface area contributed by atoms with Gasteiger partial charge in [-0.2, -0.15) is 0 Å². The van der Waals surface area contributed by atoms with Crippen LogP contribution in [-0.2, 0) is 0 Å². The van der Waals surface area contributed by atoms with Gasteiger partial charge in [-0.3, -0.25) is 4.90 Å². The number of nitrogens with one attached hydrogen (secondary N) is 1. The molecule has 0 aromatic heterocycles. The van der Waals surface area contributed by atoms with Crippen LogP contribution < -0.4 is 5.32 Å². The molecule has 3 nitrogen and oxygen atoms in total. The maximum Gasteiger partial charge on any atom is 0.0244 e. The Morgan fingerprint density at radius 1 is 1.26 bits per heavy atom.